The summed E-state index contributed by atoms with van der Waals surface area (Å²) in [4.78, 5) is 16.8. The van der Waals surface area contributed by atoms with Gasteiger partial charge in [-0.05, 0) is 25.0 Å². The number of benzene rings is 1. The minimum atomic E-state index is -0.121. The molecule has 21 heavy (non-hydrogen) atoms. The average Bonchev–Trinajstić information content (AvgIpc) is 2.54. The molecule has 0 radical (unpaired) electrons. The highest BCUT2D eigenvalue weighted by Gasteiger charge is 2.18. The van der Waals surface area contributed by atoms with Gasteiger partial charge in [-0.1, -0.05) is 37.5 Å². The predicted octanol–water partition coefficient (Wildman–Crippen LogP) is 2.58. The Morgan fingerprint density at radius 3 is 2.71 bits per heavy atom. The Bertz CT molecular complexity index is 650. The molecular weight excluding hydrogens is 264 g/mol. The van der Waals surface area contributed by atoms with Gasteiger partial charge in [0.25, 0.3) is 5.91 Å². The second-order valence-electron chi connectivity index (χ2n) is 5.52. The minimum absolute atomic E-state index is 0.121. The summed E-state index contributed by atoms with van der Waals surface area (Å²) in [6, 6.07) is 9.62. The van der Waals surface area contributed by atoms with Crippen LogP contribution in [0.3, 0.4) is 0 Å². The smallest absolute Gasteiger partial charge is 0.270 e. The SMILES string of the molecule is NNc1cc(C(=O)NC2CCCCC2)nc2ccccc12. The number of para-hydroxylation sites is 1. The van der Waals surface area contributed by atoms with Crippen molar-refractivity contribution in [1.29, 1.82) is 0 Å². The Balaban J connectivity index is 1.87. The second kappa shape index (κ2) is 6.10. The van der Waals surface area contributed by atoms with E-state index in [1.165, 1.54) is 19.3 Å². The third kappa shape index (κ3) is 2.97. The summed E-state index contributed by atoms with van der Waals surface area (Å²) in [7, 11) is 0. The monoisotopic (exact) mass is 284 g/mol. The number of nitrogens with zero attached hydrogens (tertiary/aromatic N) is 1. The molecule has 0 spiro atoms. The van der Waals surface area contributed by atoms with E-state index >= 15 is 0 Å². The molecule has 1 aromatic carbocycles. The molecule has 1 aliphatic rings. The lowest BCUT2D eigenvalue weighted by molar-refractivity contribution is 0.0923. The minimum Gasteiger partial charge on any atom is -0.348 e. The first-order valence-corrected chi connectivity index (χ1v) is 7.45. The number of nitrogens with one attached hydrogen (secondary N) is 2. The molecule has 0 unspecified atom stereocenters. The van der Waals surface area contributed by atoms with Gasteiger partial charge < -0.3 is 10.7 Å². The molecule has 110 valence electrons. The zero-order valence-electron chi connectivity index (χ0n) is 11.9. The number of nitrogens with two attached hydrogens (primary N) is 1. The molecule has 1 fully saturated rings. The van der Waals surface area contributed by atoms with E-state index in [2.05, 4.69) is 15.7 Å². The number of fused-ring (bicyclic) bond motifs is 1. The standard InChI is InChI=1S/C16H20N4O/c17-20-14-10-15(19-13-9-5-4-8-12(13)14)16(21)18-11-6-2-1-3-7-11/h4-5,8-11H,1-3,6-7,17H2,(H,18,21)(H,19,20). The van der Waals surface area contributed by atoms with Crippen LogP contribution in [0.15, 0.2) is 30.3 Å². The molecule has 0 saturated heterocycles. The largest absolute Gasteiger partial charge is 0.348 e. The van der Waals surface area contributed by atoms with Gasteiger partial charge in [0.15, 0.2) is 0 Å². The van der Waals surface area contributed by atoms with E-state index in [-0.39, 0.29) is 11.9 Å². The first-order chi connectivity index (χ1) is 10.3. The second-order valence-corrected chi connectivity index (χ2v) is 5.52. The van der Waals surface area contributed by atoms with Gasteiger partial charge in [-0.2, -0.15) is 0 Å². The highest BCUT2D eigenvalue weighted by molar-refractivity contribution is 5.99. The van der Waals surface area contributed by atoms with Gasteiger partial charge in [-0.15, -0.1) is 0 Å². The number of anilines is 1. The Morgan fingerprint density at radius 1 is 1.19 bits per heavy atom. The third-order valence-electron chi connectivity index (χ3n) is 4.04. The highest BCUT2D eigenvalue weighted by Crippen LogP contribution is 2.23. The van der Waals surface area contributed by atoms with Gasteiger partial charge in [-0.25, -0.2) is 4.98 Å². The molecule has 3 rings (SSSR count). The van der Waals surface area contributed by atoms with Crippen molar-refractivity contribution >= 4 is 22.5 Å². The first-order valence-electron chi connectivity index (χ1n) is 7.45. The maximum Gasteiger partial charge on any atom is 0.270 e. The summed E-state index contributed by atoms with van der Waals surface area (Å²) in [6.45, 7) is 0. The Kier molecular flexibility index (Phi) is 4.01. The number of aromatic nitrogens is 1. The van der Waals surface area contributed by atoms with E-state index in [0.29, 0.717) is 5.69 Å². The molecule has 5 nitrogen and oxygen atoms in total. The molecule has 1 aliphatic carbocycles. The average molecular weight is 284 g/mol. The number of carbonyl (C=O) groups excluding carboxylic acids is 1. The molecule has 4 N–H and O–H groups in total. The van der Waals surface area contributed by atoms with Crippen molar-refractivity contribution < 1.29 is 4.79 Å². The molecule has 5 heteroatoms. The van der Waals surface area contributed by atoms with Crippen LogP contribution in [0.2, 0.25) is 0 Å². The summed E-state index contributed by atoms with van der Waals surface area (Å²) < 4.78 is 0. The Hall–Kier alpha value is -2.14. The van der Waals surface area contributed by atoms with E-state index in [9.17, 15) is 4.79 Å². The molecule has 1 heterocycles. The molecule has 0 atom stereocenters. The fourth-order valence-corrected chi connectivity index (χ4v) is 2.92. The summed E-state index contributed by atoms with van der Waals surface area (Å²) in [5, 5.41) is 3.99. The molecule has 1 saturated carbocycles. The van der Waals surface area contributed by atoms with E-state index in [1.54, 1.807) is 6.07 Å². The number of hydrazine groups is 1. The molecule has 1 aromatic heterocycles. The number of hydrogen-bond donors (Lipinski definition) is 3. The van der Waals surface area contributed by atoms with Gasteiger partial charge in [0, 0.05) is 11.4 Å². The fraction of sp³-hybridized carbons (Fsp3) is 0.375. The number of hydrogen-bond acceptors (Lipinski definition) is 4. The van der Waals surface area contributed by atoms with Gasteiger partial charge in [0.1, 0.15) is 5.69 Å². The zero-order chi connectivity index (χ0) is 14.7. The number of amides is 1. The lowest BCUT2D eigenvalue weighted by Gasteiger charge is -2.22. The van der Waals surface area contributed by atoms with Crippen molar-refractivity contribution in [3.63, 3.8) is 0 Å². The predicted molar refractivity (Wildman–Crippen MR) is 83.9 cm³/mol. The molecule has 0 aliphatic heterocycles. The van der Waals surface area contributed by atoms with E-state index in [4.69, 9.17) is 5.84 Å². The lowest BCUT2D eigenvalue weighted by Crippen LogP contribution is -2.36. The number of rotatable bonds is 3. The van der Waals surface area contributed by atoms with Crippen molar-refractivity contribution in [2.75, 3.05) is 5.43 Å². The third-order valence-corrected chi connectivity index (χ3v) is 4.04. The van der Waals surface area contributed by atoms with Crippen LogP contribution in [0, 0.1) is 0 Å². The van der Waals surface area contributed by atoms with Crippen LogP contribution in [0.4, 0.5) is 5.69 Å². The van der Waals surface area contributed by atoms with E-state index in [0.717, 1.165) is 29.4 Å². The van der Waals surface area contributed by atoms with Gasteiger partial charge in [-0.3, -0.25) is 10.6 Å². The molecular formula is C16H20N4O. The van der Waals surface area contributed by atoms with Crippen LogP contribution in [-0.4, -0.2) is 16.9 Å². The lowest BCUT2D eigenvalue weighted by atomic mass is 9.95. The van der Waals surface area contributed by atoms with Crippen molar-refractivity contribution in [3.05, 3.63) is 36.0 Å². The van der Waals surface area contributed by atoms with Crippen LogP contribution in [0.1, 0.15) is 42.6 Å². The van der Waals surface area contributed by atoms with Gasteiger partial charge >= 0.3 is 0 Å². The zero-order valence-corrected chi connectivity index (χ0v) is 11.9. The van der Waals surface area contributed by atoms with Crippen molar-refractivity contribution in [2.45, 2.75) is 38.1 Å². The van der Waals surface area contributed by atoms with Crippen molar-refractivity contribution in [2.24, 2.45) is 5.84 Å². The fourth-order valence-electron chi connectivity index (χ4n) is 2.92. The van der Waals surface area contributed by atoms with Crippen LogP contribution in [0.25, 0.3) is 10.9 Å². The van der Waals surface area contributed by atoms with Gasteiger partial charge in [0.2, 0.25) is 0 Å². The molecule has 0 bridgehead atoms. The molecule has 1 amide bonds. The first kappa shape index (κ1) is 13.8. The van der Waals surface area contributed by atoms with Crippen LogP contribution in [-0.2, 0) is 0 Å². The van der Waals surface area contributed by atoms with Crippen molar-refractivity contribution in [3.8, 4) is 0 Å². The molecule has 2 aromatic rings. The number of pyridine rings is 1. The Labute approximate surface area is 123 Å². The Morgan fingerprint density at radius 2 is 1.95 bits per heavy atom. The number of carbonyl (C=O) groups is 1. The quantitative estimate of drug-likeness (QED) is 0.598. The maximum absolute atomic E-state index is 12.4. The highest BCUT2D eigenvalue weighted by atomic mass is 16.1. The van der Waals surface area contributed by atoms with Crippen molar-refractivity contribution in [1.82, 2.24) is 10.3 Å². The summed E-state index contributed by atoms with van der Waals surface area (Å²) in [6.07, 6.45) is 5.75. The normalized spacial score (nSPS) is 15.9. The van der Waals surface area contributed by atoms with Crippen LogP contribution < -0.4 is 16.6 Å². The topological polar surface area (TPSA) is 80.0 Å². The maximum atomic E-state index is 12.4. The van der Waals surface area contributed by atoms with E-state index in [1.807, 2.05) is 24.3 Å². The van der Waals surface area contributed by atoms with Gasteiger partial charge in [0.05, 0.1) is 11.2 Å². The van der Waals surface area contributed by atoms with E-state index < -0.39 is 0 Å². The number of nitrogen functional groups attached to an aromatic ring is 1. The summed E-state index contributed by atoms with van der Waals surface area (Å²) in [5.41, 5.74) is 4.54. The van der Waals surface area contributed by atoms with Crippen LogP contribution in [0.5, 0.6) is 0 Å². The summed E-state index contributed by atoms with van der Waals surface area (Å²) >= 11 is 0. The van der Waals surface area contributed by atoms with Crippen LogP contribution >= 0.6 is 0 Å². The summed E-state index contributed by atoms with van der Waals surface area (Å²) in [5.74, 6) is 5.44.